The Morgan fingerprint density at radius 1 is 1.17 bits per heavy atom. The van der Waals surface area contributed by atoms with Gasteiger partial charge in [0.2, 0.25) is 5.91 Å². The van der Waals surface area contributed by atoms with Gasteiger partial charge in [-0.25, -0.2) is 9.50 Å². The largest absolute Gasteiger partial charge is 0.497 e. The zero-order valence-corrected chi connectivity index (χ0v) is 17.2. The predicted molar refractivity (Wildman–Crippen MR) is 108 cm³/mol. The molecule has 1 aromatic carbocycles. The molecule has 3 heterocycles. The van der Waals surface area contributed by atoms with Crippen molar-refractivity contribution in [1.29, 1.82) is 0 Å². The molecule has 0 atom stereocenters. The Hall–Kier alpha value is -3.00. The second-order valence-corrected chi connectivity index (χ2v) is 7.57. The molecule has 2 aromatic heterocycles. The summed E-state index contributed by atoms with van der Waals surface area (Å²) < 4.78 is 6.92. The smallest absolute Gasteiger partial charge is 0.252 e. The van der Waals surface area contributed by atoms with Crippen LogP contribution in [0.1, 0.15) is 22.5 Å². The number of rotatable bonds is 5. The van der Waals surface area contributed by atoms with Gasteiger partial charge in [-0.15, -0.1) is 0 Å². The van der Waals surface area contributed by atoms with Crippen molar-refractivity contribution in [1.82, 2.24) is 24.5 Å². The molecule has 0 unspecified atom stereocenters. The molecule has 8 nitrogen and oxygen atoms in total. The van der Waals surface area contributed by atoms with Crippen LogP contribution in [0.4, 0.5) is 0 Å². The minimum Gasteiger partial charge on any atom is -0.497 e. The number of carbonyl (C=O) groups is 1. The van der Waals surface area contributed by atoms with E-state index < -0.39 is 0 Å². The number of carbonyl (C=O) groups excluding carboxylic acids is 1. The Bertz CT molecular complexity index is 1010. The number of benzene rings is 1. The number of nitrogens with zero attached hydrogens (tertiary/aromatic N) is 5. The van der Waals surface area contributed by atoms with E-state index in [0.717, 1.165) is 55.4 Å². The highest BCUT2D eigenvalue weighted by molar-refractivity contribution is 5.79. The van der Waals surface area contributed by atoms with E-state index in [1.165, 1.54) is 16.8 Å². The van der Waals surface area contributed by atoms with E-state index in [1.807, 2.05) is 30.9 Å². The van der Waals surface area contributed by atoms with Crippen LogP contribution in [0.15, 0.2) is 30.6 Å². The molecule has 4 rings (SSSR count). The number of fused-ring (bicyclic) bond motifs is 1. The first-order valence-electron chi connectivity index (χ1n) is 9.95. The fourth-order valence-corrected chi connectivity index (χ4v) is 3.96. The maximum Gasteiger partial charge on any atom is 0.252 e. The van der Waals surface area contributed by atoms with E-state index in [-0.39, 0.29) is 5.91 Å². The Kier molecular flexibility index (Phi) is 5.44. The van der Waals surface area contributed by atoms with Gasteiger partial charge in [0.25, 0.3) is 5.78 Å². The molecule has 0 radical (unpaired) electrons. The van der Waals surface area contributed by atoms with E-state index in [4.69, 9.17) is 4.74 Å². The Labute approximate surface area is 170 Å². The molecule has 1 N–H and O–H groups in total. The number of hydrogen-bond acceptors (Lipinski definition) is 5. The standard InChI is InChI=1S/C21H26N6O2/c1-15-19(16(2)27-21(24-15)22-14-23-27)12-20(28)26-10-8-25(9-11-26)13-17-4-6-18(29-3)7-5-17/h4-7,14H,8-13H2,1-3H3/p+1. The molecule has 1 aliphatic rings. The van der Waals surface area contributed by atoms with Gasteiger partial charge < -0.3 is 14.5 Å². The lowest BCUT2D eigenvalue weighted by Gasteiger charge is -2.32. The highest BCUT2D eigenvalue weighted by atomic mass is 16.5. The number of methoxy groups -OCH3 is 1. The molecule has 0 aliphatic carbocycles. The summed E-state index contributed by atoms with van der Waals surface area (Å²) in [5.74, 6) is 1.61. The summed E-state index contributed by atoms with van der Waals surface area (Å²) in [6.07, 6.45) is 1.85. The molecule has 0 saturated carbocycles. The van der Waals surface area contributed by atoms with Gasteiger partial charge in [-0.1, -0.05) is 0 Å². The lowest BCUT2D eigenvalue weighted by Crippen LogP contribution is -3.13. The first-order chi connectivity index (χ1) is 14.0. The van der Waals surface area contributed by atoms with Crippen LogP contribution in [0.5, 0.6) is 5.75 Å². The van der Waals surface area contributed by atoms with Crippen molar-refractivity contribution in [3.63, 3.8) is 0 Å². The zero-order chi connectivity index (χ0) is 20.4. The van der Waals surface area contributed by atoms with E-state index in [9.17, 15) is 4.79 Å². The quantitative estimate of drug-likeness (QED) is 0.669. The van der Waals surface area contributed by atoms with E-state index in [0.29, 0.717) is 12.2 Å². The second kappa shape index (κ2) is 8.16. The fourth-order valence-electron chi connectivity index (χ4n) is 3.96. The van der Waals surface area contributed by atoms with Crippen molar-refractivity contribution in [2.24, 2.45) is 0 Å². The highest BCUT2D eigenvalue weighted by Gasteiger charge is 2.25. The normalized spacial score (nSPS) is 15.1. The fraction of sp³-hybridized carbons (Fsp3) is 0.429. The van der Waals surface area contributed by atoms with Gasteiger partial charge in [-0.3, -0.25) is 4.79 Å². The summed E-state index contributed by atoms with van der Waals surface area (Å²) in [7, 11) is 1.68. The van der Waals surface area contributed by atoms with Crippen molar-refractivity contribution in [3.8, 4) is 5.75 Å². The molecule has 8 heteroatoms. The van der Waals surface area contributed by atoms with Crippen LogP contribution in [0.2, 0.25) is 0 Å². The summed E-state index contributed by atoms with van der Waals surface area (Å²) in [6.45, 7) is 8.34. The molecule has 1 saturated heterocycles. The molecular formula is C21H27N6O2+. The molecule has 29 heavy (non-hydrogen) atoms. The van der Waals surface area contributed by atoms with Gasteiger partial charge in [-0.05, 0) is 38.1 Å². The summed E-state index contributed by atoms with van der Waals surface area (Å²) in [6, 6.07) is 8.23. The number of aryl methyl sites for hydroxylation is 2. The average molecular weight is 395 g/mol. The third-order valence-electron chi connectivity index (χ3n) is 5.75. The number of aromatic nitrogens is 4. The molecule has 0 spiro atoms. The van der Waals surface area contributed by atoms with Crippen LogP contribution in [-0.4, -0.2) is 63.7 Å². The Morgan fingerprint density at radius 2 is 1.90 bits per heavy atom. The summed E-state index contributed by atoms with van der Waals surface area (Å²) in [4.78, 5) is 25.0. The highest BCUT2D eigenvalue weighted by Crippen LogP contribution is 2.15. The lowest BCUT2D eigenvalue weighted by molar-refractivity contribution is -0.917. The van der Waals surface area contributed by atoms with Gasteiger partial charge in [0.1, 0.15) is 18.6 Å². The second-order valence-electron chi connectivity index (χ2n) is 7.57. The molecule has 3 aromatic rings. The summed E-state index contributed by atoms with van der Waals surface area (Å²) in [5, 5.41) is 4.21. The Balaban J connectivity index is 1.35. The summed E-state index contributed by atoms with van der Waals surface area (Å²) >= 11 is 0. The van der Waals surface area contributed by atoms with Crippen LogP contribution < -0.4 is 9.64 Å². The van der Waals surface area contributed by atoms with Gasteiger partial charge in [0.05, 0.1) is 39.7 Å². The topological polar surface area (TPSA) is 77.1 Å². The molecular weight excluding hydrogens is 368 g/mol. The average Bonchev–Trinajstić information content (AvgIpc) is 3.20. The van der Waals surface area contributed by atoms with Gasteiger partial charge in [0, 0.05) is 22.5 Å². The zero-order valence-electron chi connectivity index (χ0n) is 17.2. The number of quaternary nitrogens is 1. The third kappa shape index (κ3) is 4.07. The van der Waals surface area contributed by atoms with Crippen LogP contribution in [0.3, 0.4) is 0 Å². The number of hydrogen-bond donors (Lipinski definition) is 1. The predicted octanol–water partition coefficient (Wildman–Crippen LogP) is 0.220. The number of amides is 1. The van der Waals surface area contributed by atoms with Crippen LogP contribution >= 0.6 is 0 Å². The maximum atomic E-state index is 12.9. The van der Waals surface area contributed by atoms with Crippen LogP contribution in [0.25, 0.3) is 5.78 Å². The van der Waals surface area contributed by atoms with Crippen molar-refractivity contribution in [2.75, 3.05) is 33.3 Å². The number of nitrogens with one attached hydrogen (secondary N) is 1. The van der Waals surface area contributed by atoms with Crippen molar-refractivity contribution in [3.05, 3.63) is 53.1 Å². The lowest BCUT2D eigenvalue weighted by atomic mass is 10.1. The molecule has 1 aliphatic heterocycles. The number of ether oxygens (including phenoxy) is 1. The minimum atomic E-state index is 0.154. The number of piperazine rings is 1. The first kappa shape index (κ1) is 19.3. The summed E-state index contributed by atoms with van der Waals surface area (Å²) in [5.41, 5.74) is 4.02. The maximum absolute atomic E-state index is 12.9. The SMILES string of the molecule is COc1ccc(C[NH+]2CCN(C(=O)Cc3c(C)nc4ncnn4c3C)CC2)cc1. The van der Waals surface area contributed by atoms with Crippen LogP contribution in [0, 0.1) is 13.8 Å². The monoisotopic (exact) mass is 395 g/mol. The molecule has 152 valence electrons. The van der Waals surface area contributed by atoms with Crippen molar-refractivity contribution < 1.29 is 14.4 Å². The first-order valence-corrected chi connectivity index (χ1v) is 9.95. The Morgan fingerprint density at radius 3 is 2.59 bits per heavy atom. The molecule has 1 fully saturated rings. The minimum absolute atomic E-state index is 0.154. The van der Waals surface area contributed by atoms with E-state index >= 15 is 0 Å². The van der Waals surface area contributed by atoms with Gasteiger partial charge in [0.15, 0.2) is 0 Å². The van der Waals surface area contributed by atoms with E-state index in [1.54, 1.807) is 11.6 Å². The van der Waals surface area contributed by atoms with E-state index in [2.05, 4.69) is 27.2 Å². The van der Waals surface area contributed by atoms with Gasteiger partial charge in [-0.2, -0.15) is 10.1 Å². The molecule has 0 bridgehead atoms. The van der Waals surface area contributed by atoms with Crippen molar-refractivity contribution >= 4 is 11.7 Å². The van der Waals surface area contributed by atoms with Gasteiger partial charge >= 0.3 is 0 Å². The third-order valence-corrected chi connectivity index (χ3v) is 5.75. The van der Waals surface area contributed by atoms with Crippen LogP contribution in [-0.2, 0) is 17.8 Å². The van der Waals surface area contributed by atoms with Crippen molar-refractivity contribution in [2.45, 2.75) is 26.8 Å². The molecule has 1 amide bonds.